The van der Waals surface area contributed by atoms with Crippen molar-refractivity contribution in [2.45, 2.75) is 38.8 Å². The Balaban J connectivity index is 1.53. The zero-order valence-electron chi connectivity index (χ0n) is 19.6. The van der Waals surface area contributed by atoms with Crippen LogP contribution in [0.15, 0.2) is 89.8 Å². The van der Waals surface area contributed by atoms with Gasteiger partial charge in [0.1, 0.15) is 6.26 Å². The predicted octanol–water partition coefficient (Wildman–Crippen LogP) is 5.78. The number of alkyl halides is 3. The van der Waals surface area contributed by atoms with E-state index in [1.807, 2.05) is 48.2 Å². The predicted molar refractivity (Wildman–Crippen MR) is 127 cm³/mol. The molecule has 1 unspecified atom stereocenters. The number of oxazole rings is 1. The van der Waals surface area contributed by atoms with Crippen molar-refractivity contribution in [1.82, 2.24) is 20.2 Å². The van der Waals surface area contributed by atoms with Gasteiger partial charge in [-0.1, -0.05) is 54.6 Å². The Morgan fingerprint density at radius 1 is 1.03 bits per heavy atom. The maximum absolute atomic E-state index is 13.6. The van der Waals surface area contributed by atoms with Gasteiger partial charge in [0.15, 0.2) is 5.69 Å². The van der Waals surface area contributed by atoms with Crippen molar-refractivity contribution < 1.29 is 22.4 Å². The molecule has 0 bridgehead atoms. The molecule has 0 saturated heterocycles. The summed E-state index contributed by atoms with van der Waals surface area (Å²) in [6.45, 7) is 2.31. The fourth-order valence-electron chi connectivity index (χ4n) is 3.86. The van der Waals surface area contributed by atoms with Gasteiger partial charge in [-0.15, -0.1) is 0 Å². The standard InChI is InChI=1S/C27H25F3N4O2/c1-19(21-9-3-2-4-10-21)34(16-22-11-5-6-12-23(22)27(28,29)30)17-25-33-24(18-36-25)26(35)32-15-20-8-7-13-31-14-20/h2-14,18-19H,15-17H2,1H3,(H,32,35). The minimum Gasteiger partial charge on any atom is -0.447 e. The molecule has 2 heterocycles. The zero-order chi connectivity index (χ0) is 25.5. The van der Waals surface area contributed by atoms with E-state index >= 15 is 0 Å². The summed E-state index contributed by atoms with van der Waals surface area (Å²) in [5.74, 6) is -0.187. The Morgan fingerprint density at radius 3 is 2.50 bits per heavy atom. The van der Waals surface area contributed by atoms with Gasteiger partial charge in [-0.3, -0.25) is 14.7 Å². The minimum atomic E-state index is -4.47. The summed E-state index contributed by atoms with van der Waals surface area (Å²) in [6.07, 6.45) is 0.0737. The van der Waals surface area contributed by atoms with Crippen molar-refractivity contribution in [3.63, 3.8) is 0 Å². The lowest BCUT2D eigenvalue weighted by Gasteiger charge is -2.29. The lowest BCUT2D eigenvalue weighted by atomic mass is 10.0. The van der Waals surface area contributed by atoms with Crippen LogP contribution in [0.5, 0.6) is 0 Å². The van der Waals surface area contributed by atoms with Crippen LogP contribution in [0.25, 0.3) is 0 Å². The first-order valence-electron chi connectivity index (χ1n) is 11.4. The van der Waals surface area contributed by atoms with Gasteiger partial charge in [-0.25, -0.2) is 4.98 Å². The highest BCUT2D eigenvalue weighted by molar-refractivity contribution is 5.91. The molecule has 0 aliphatic rings. The number of nitrogens with zero attached hydrogens (tertiary/aromatic N) is 3. The normalized spacial score (nSPS) is 12.5. The number of carbonyl (C=O) groups excluding carboxylic acids is 1. The van der Waals surface area contributed by atoms with Crippen molar-refractivity contribution in [2.24, 2.45) is 0 Å². The van der Waals surface area contributed by atoms with Gasteiger partial charge < -0.3 is 9.73 Å². The number of nitrogens with one attached hydrogen (secondary N) is 1. The van der Waals surface area contributed by atoms with Crippen LogP contribution in [0.1, 0.15) is 51.6 Å². The summed E-state index contributed by atoms with van der Waals surface area (Å²) in [4.78, 5) is 22.7. The van der Waals surface area contributed by atoms with E-state index in [1.54, 1.807) is 24.5 Å². The van der Waals surface area contributed by atoms with Crippen molar-refractivity contribution >= 4 is 5.91 Å². The van der Waals surface area contributed by atoms with E-state index in [9.17, 15) is 18.0 Å². The molecule has 0 aliphatic heterocycles. The monoisotopic (exact) mass is 494 g/mol. The van der Waals surface area contributed by atoms with E-state index in [0.29, 0.717) is 0 Å². The maximum Gasteiger partial charge on any atom is 0.416 e. The number of amides is 1. The number of benzene rings is 2. The summed E-state index contributed by atoms with van der Waals surface area (Å²) in [6, 6.07) is 18.3. The summed E-state index contributed by atoms with van der Waals surface area (Å²) in [5.41, 5.74) is 1.33. The molecule has 1 N–H and O–H groups in total. The summed E-state index contributed by atoms with van der Waals surface area (Å²) >= 11 is 0. The third-order valence-corrected chi connectivity index (χ3v) is 5.82. The second-order valence-electron chi connectivity index (χ2n) is 8.32. The zero-order valence-corrected chi connectivity index (χ0v) is 19.6. The molecule has 9 heteroatoms. The fourth-order valence-corrected chi connectivity index (χ4v) is 3.86. The fraction of sp³-hybridized carbons (Fsp3) is 0.222. The molecule has 186 valence electrons. The quantitative estimate of drug-likeness (QED) is 0.319. The molecule has 4 aromatic rings. The Hall–Kier alpha value is -3.98. The molecule has 2 aromatic carbocycles. The summed E-state index contributed by atoms with van der Waals surface area (Å²) in [7, 11) is 0. The van der Waals surface area contributed by atoms with Crippen molar-refractivity contribution in [3.05, 3.63) is 119 Å². The van der Waals surface area contributed by atoms with Gasteiger partial charge in [-0.05, 0) is 35.7 Å². The van der Waals surface area contributed by atoms with Gasteiger partial charge in [0.25, 0.3) is 5.91 Å². The molecule has 0 spiro atoms. The maximum atomic E-state index is 13.6. The Bertz CT molecular complexity index is 1280. The van der Waals surface area contributed by atoms with E-state index < -0.39 is 17.6 Å². The summed E-state index contributed by atoms with van der Waals surface area (Å²) < 4.78 is 46.5. The molecule has 4 rings (SSSR count). The molecule has 0 fully saturated rings. The van der Waals surface area contributed by atoms with Crippen LogP contribution in [0.3, 0.4) is 0 Å². The van der Waals surface area contributed by atoms with Crippen LogP contribution in [-0.2, 0) is 25.8 Å². The highest BCUT2D eigenvalue weighted by Crippen LogP contribution is 2.34. The van der Waals surface area contributed by atoms with E-state index in [2.05, 4.69) is 15.3 Å². The van der Waals surface area contributed by atoms with Crippen molar-refractivity contribution in [3.8, 4) is 0 Å². The Labute approximate surface area is 206 Å². The Morgan fingerprint density at radius 2 is 1.78 bits per heavy atom. The van der Waals surface area contributed by atoms with E-state index in [4.69, 9.17) is 4.42 Å². The number of pyridine rings is 1. The number of halogens is 3. The van der Waals surface area contributed by atoms with E-state index in [1.165, 1.54) is 18.4 Å². The third-order valence-electron chi connectivity index (χ3n) is 5.82. The minimum absolute atomic E-state index is 0.0106. The van der Waals surface area contributed by atoms with Gasteiger partial charge >= 0.3 is 6.18 Å². The SMILES string of the molecule is CC(c1ccccc1)N(Cc1nc(C(=O)NCc2cccnc2)co1)Cc1ccccc1C(F)(F)F. The van der Waals surface area contributed by atoms with Crippen LogP contribution < -0.4 is 5.32 Å². The highest BCUT2D eigenvalue weighted by Gasteiger charge is 2.34. The average molecular weight is 495 g/mol. The largest absolute Gasteiger partial charge is 0.447 e. The molecular weight excluding hydrogens is 469 g/mol. The molecule has 36 heavy (non-hydrogen) atoms. The van der Waals surface area contributed by atoms with E-state index in [-0.39, 0.29) is 42.8 Å². The van der Waals surface area contributed by atoms with E-state index in [0.717, 1.165) is 17.2 Å². The number of rotatable bonds is 9. The molecule has 0 radical (unpaired) electrons. The topological polar surface area (TPSA) is 71.3 Å². The van der Waals surface area contributed by atoms with Gasteiger partial charge in [0.05, 0.1) is 12.1 Å². The first-order valence-corrected chi connectivity index (χ1v) is 11.4. The van der Waals surface area contributed by atoms with Crippen LogP contribution in [0.2, 0.25) is 0 Å². The lowest BCUT2D eigenvalue weighted by molar-refractivity contribution is -0.138. The smallest absolute Gasteiger partial charge is 0.416 e. The first kappa shape index (κ1) is 25.1. The molecular formula is C27H25F3N4O2. The molecule has 0 aliphatic carbocycles. The molecule has 1 amide bonds. The third kappa shape index (κ3) is 6.37. The van der Waals surface area contributed by atoms with Gasteiger partial charge in [-0.2, -0.15) is 13.2 Å². The van der Waals surface area contributed by atoms with Crippen molar-refractivity contribution in [2.75, 3.05) is 0 Å². The van der Waals surface area contributed by atoms with Gasteiger partial charge in [0, 0.05) is 31.5 Å². The first-order chi connectivity index (χ1) is 17.3. The van der Waals surface area contributed by atoms with Gasteiger partial charge in [0.2, 0.25) is 5.89 Å². The lowest BCUT2D eigenvalue weighted by Crippen LogP contribution is -2.28. The summed E-state index contributed by atoms with van der Waals surface area (Å²) in [5, 5.41) is 2.75. The highest BCUT2D eigenvalue weighted by atomic mass is 19.4. The van der Waals surface area contributed by atoms with Crippen LogP contribution in [0.4, 0.5) is 13.2 Å². The number of carbonyl (C=O) groups is 1. The second kappa shape index (κ2) is 11.2. The average Bonchev–Trinajstić information content (AvgIpc) is 3.36. The molecule has 6 nitrogen and oxygen atoms in total. The number of hydrogen-bond acceptors (Lipinski definition) is 5. The molecule has 0 saturated carbocycles. The second-order valence-corrected chi connectivity index (χ2v) is 8.32. The molecule has 1 atom stereocenters. The Kier molecular flexibility index (Phi) is 7.80. The van der Waals surface area contributed by atoms with Crippen LogP contribution >= 0.6 is 0 Å². The van der Waals surface area contributed by atoms with Crippen molar-refractivity contribution in [1.29, 1.82) is 0 Å². The number of aromatic nitrogens is 2. The molecule has 2 aromatic heterocycles. The van der Waals surface area contributed by atoms with Crippen LogP contribution in [0, 0.1) is 0 Å². The van der Waals surface area contributed by atoms with Crippen LogP contribution in [-0.4, -0.2) is 20.8 Å². The number of hydrogen-bond donors (Lipinski definition) is 1.